The Morgan fingerprint density at radius 1 is 1.30 bits per heavy atom. The maximum atomic E-state index is 10.0. The second-order valence-electron chi connectivity index (χ2n) is 6.82. The average Bonchev–Trinajstić information content (AvgIpc) is 3.18. The minimum Gasteiger partial charge on any atom is -0.391 e. The highest BCUT2D eigenvalue weighted by Gasteiger charge is 2.27. The van der Waals surface area contributed by atoms with Crippen molar-refractivity contribution in [3.05, 3.63) is 11.9 Å². The van der Waals surface area contributed by atoms with Crippen molar-refractivity contribution in [1.29, 1.82) is 0 Å². The van der Waals surface area contributed by atoms with E-state index in [1.807, 2.05) is 13.1 Å². The van der Waals surface area contributed by atoms with Gasteiger partial charge in [-0.25, -0.2) is 9.97 Å². The number of nitrogens with zero attached hydrogens (tertiary/aromatic N) is 2. The lowest BCUT2D eigenvalue weighted by molar-refractivity contribution is 0.132. The highest BCUT2D eigenvalue weighted by atomic mass is 16.3. The molecule has 0 aliphatic heterocycles. The summed E-state index contributed by atoms with van der Waals surface area (Å²) in [5.74, 6) is 3.04. The van der Waals surface area contributed by atoms with Crippen molar-refractivity contribution in [2.75, 3.05) is 24.2 Å². The number of rotatable bonds is 6. The highest BCUT2D eigenvalue weighted by molar-refractivity contribution is 5.47. The van der Waals surface area contributed by atoms with Crippen LogP contribution in [0.25, 0.3) is 0 Å². The Kier molecular flexibility index (Phi) is 4.48. The van der Waals surface area contributed by atoms with E-state index in [0.29, 0.717) is 12.5 Å². The van der Waals surface area contributed by atoms with Crippen LogP contribution < -0.4 is 10.6 Å². The normalized spacial score (nSPS) is 16.9. The monoisotopic (exact) mass is 278 g/mol. The van der Waals surface area contributed by atoms with Gasteiger partial charge in [-0.05, 0) is 24.7 Å². The van der Waals surface area contributed by atoms with Crippen molar-refractivity contribution in [2.24, 2.45) is 5.41 Å². The summed E-state index contributed by atoms with van der Waals surface area (Å²) in [7, 11) is 1.86. The van der Waals surface area contributed by atoms with Gasteiger partial charge in [0.25, 0.3) is 0 Å². The van der Waals surface area contributed by atoms with Gasteiger partial charge in [0.05, 0.1) is 6.10 Å². The molecule has 1 aromatic rings. The molecule has 1 atom stereocenters. The van der Waals surface area contributed by atoms with Crippen molar-refractivity contribution in [1.82, 2.24) is 9.97 Å². The van der Waals surface area contributed by atoms with Crippen molar-refractivity contribution in [2.45, 2.75) is 52.1 Å². The smallest absolute Gasteiger partial charge is 0.136 e. The molecule has 1 unspecified atom stereocenters. The van der Waals surface area contributed by atoms with Gasteiger partial charge in [-0.1, -0.05) is 20.8 Å². The molecule has 0 saturated heterocycles. The molecule has 1 aliphatic carbocycles. The lowest BCUT2D eigenvalue weighted by Crippen LogP contribution is -2.25. The fraction of sp³-hybridized carbons (Fsp3) is 0.733. The number of hydrogen-bond donors (Lipinski definition) is 3. The summed E-state index contributed by atoms with van der Waals surface area (Å²) in [6, 6.07) is 1.88. The van der Waals surface area contributed by atoms with Crippen LogP contribution in [0.15, 0.2) is 6.07 Å². The zero-order chi connectivity index (χ0) is 14.8. The van der Waals surface area contributed by atoms with E-state index in [9.17, 15) is 5.11 Å². The maximum Gasteiger partial charge on any atom is 0.136 e. The van der Waals surface area contributed by atoms with Gasteiger partial charge in [-0.2, -0.15) is 0 Å². The van der Waals surface area contributed by atoms with E-state index < -0.39 is 0 Å². The van der Waals surface area contributed by atoms with Crippen LogP contribution in [-0.2, 0) is 0 Å². The van der Waals surface area contributed by atoms with Crippen molar-refractivity contribution in [3.8, 4) is 0 Å². The van der Waals surface area contributed by atoms with Crippen LogP contribution in [0.3, 0.4) is 0 Å². The van der Waals surface area contributed by atoms with Gasteiger partial charge in [0.15, 0.2) is 0 Å². The molecule has 0 aromatic carbocycles. The Hall–Kier alpha value is -1.36. The molecule has 0 spiro atoms. The molecule has 112 valence electrons. The predicted octanol–water partition coefficient (Wildman–Crippen LogP) is 2.60. The maximum absolute atomic E-state index is 10.0. The van der Waals surface area contributed by atoms with Gasteiger partial charge in [0.2, 0.25) is 0 Å². The van der Waals surface area contributed by atoms with Crippen LogP contribution in [0.1, 0.15) is 51.8 Å². The van der Waals surface area contributed by atoms with Gasteiger partial charge in [0, 0.05) is 25.6 Å². The third-order valence-electron chi connectivity index (χ3n) is 3.31. The molecule has 1 heterocycles. The molecule has 3 N–H and O–H groups in total. The Morgan fingerprint density at radius 2 is 1.95 bits per heavy atom. The highest BCUT2D eigenvalue weighted by Crippen LogP contribution is 2.38. The Labute approximate surface area is 121 Å². The first-order valence-corrected chi connectivity index (χ1v) is 7.36. The van der Waals surface area contributed by atoms with Crippen LogP contribution in [-0.4, -0.2) is 34.8 Å². The summed E-state index contributed by atoms with van der Waals surface area (Å²) in [6.07, 6.45) is 2.75. The summed E-state index contributed by atoms with van der Waals surface area (Å²) in [5, 5.41) is 16.3. The Morgan fingerprint density at radius 3 is 2.50 bits per heavy atom. The molecule has 0 bridgehead atoms. The number of aliphatic hydroxyl groups is 1. The molecule has 1 aromatic heterocycles. The van der Waals surface area contributed by atoms with E-state index in [-0.39, 0.29) is 11.5 Å². The zero-order valence-corrected chi connectivity index (χ0v) is 12.9. The molecular formula is C15H26N4O. The molecule has 0 amide bonds. The second kappa shape index (κ2) is 5.95. The van der Waals surface area contributed by atoms with Gasteiger partial charge >= 0.3 is 0 Å². The third kappa shape index (κ3) is 4.63. The lowest BCUT2D eigenvalue weighted by Gasteiger charge is -2.22. The van der Waals surface area contributed by atoms with Gasteiger partial charge in [-0.15, -0.1) is 0 Å². The molecule has 2 rings (SSSR count). The van der Waals surface area contributed by atoms with E-state index in [1.165, 1.54) is 12.8 Å². The lowest BCUT2D eigenvalue weighted by atomic mass is 9.89. The topological polar surface area (TPSA) is 70.1 Å². The van der Waals surface area contributed by atoms with Crippen LogP contribution in [0, 0.1) is 5.41 Å². The van der Waals surface area contributed by atoms with Crippen LogP contribution >= 0.6 is 0 Å². The number of aromatic nitrogens is 2. The summed E-state index contributed by atoms with van der Waals surface area (Å²) < 4.78 is 0. The van der Waals surface area contributed by atoms with Crippen molar-refractivity contribution in [3.63, 3.8) is 0 Å². The minimum atomic E-state index is -0.368. The number of aliphatic hydroxyl groups excluding tert-OH is 1. The number of nitrogens with one attached hydrogen (secondary N) is 2. The fourth-order valence-electron chi connectivity index (χ4n) is 2.21. The average molecular weight is 278 g/mol. The van der Waals surface area contributed by atoms with Gasteiger partial charge < -0.3 is 15.7 Å². The summed E-state index contributed by atoms with van der Waals surface area (Å²) >= 11 is 0. The standard InChI is InChI=1S/C15H26N4O/c1-15(2,3)8-11(20)9-17-13-7-12(16-4)18-14(19-13)10-5-6-10/h7,10-11,20H,5-6,8-9H2,1-4H3,(H2,16,17,18,19). The largest absolute Gasteiger partial charge is 0.391 e. The molecule has 1 fully saturated rings. The first-order valence-electron chi connectivity index (χ1n) is 7.36. The van der Waals surface area contributed by atoms with Crippen molar-refractivity contribution < 1.29 is 5.11 Å². The minimum absolute atomic E-state index is 0.127. The Bertz CT molecular complexity index is 452. The zero-order valence-electron chi connectivity index (χ0n) is 12.9. The van der Waals surface area contributed by atoms with Gasteiger partial charge in [0.1, 0.15) is 17.5 Å². The molecule has 1 saturated carbocycles. The van der Waals surface area contributed by atoms with Crippen molar-refractivity contribution >= 4 is 11.6 Å². The second-order valence-corrected chi connectivity index (χ2v) is 6.82. The van der Waals surface area contributed by atoms with E-state index in [4.69, 9.17) is 0 Å². The fourth-order valence-corrected chi connectivity index (χ4v) is 2.21. The Balaban J connectivity index is 1.96. The molecule has 1 aliphatic rings. The SMILES string of the molecule is CNc1cc(NCC(O)CC(C)(C)C)nc(C2CC2)n1. The van der Waals surface area contributed by atoms with Crippen LogP contribution in [0.4, 0.5) is 11.6 Å². The molecule has 0 radical (unpaired) electrons. The number of hydrogen-bond acceptors (Lipinski definition) is 5. The van der Waals surface area contributed by atoms with E-state index in [1.54, 1.807) is 0 Å². The first kappa shape index (κ1) is 15.0. The molecule has 5 nitrogen and oxygen atoms in total. The summed E-state index contributed by atoms with van der Waals surface area (Å²) in [5.41, 5.74) is 0.127. The van der Waals surface area contributed by atoms with E-state index >= 15 is 0 Å². The third-order valence-corrected chi connectivity index (χ3v) is 3.31. The molecule has 5 heteroatoms. The van der Waals surface area contributed by atoms with Crippen LogP contribution in [0.5, 0.6) is 0 Å². The van der Waals surface area contributed by atoms with E-state index in [2.05, 4.69) is 41.4 Å². The van der Waals surface area contributed by atoms with E-state index in [0.717, 1.165) is 23.9 Å². The summed E-state index contributed by atoms with van der Waals surface area (Å²) in [4.78, 5) is 9.01. The number of anilines is 2. The first-order chi connectivity index (χ1) is 9.37. The predicted molar refractivity (Wildman–Crippen MR) is 82.1 cm³/mol. The molecular weight excluding hydrogens is 252 g/mol. The van der Waals surface area contributed by atoms with Gasteiger partial charge in [-0.3, -0.25) is 0 Å². The van der Waals surface area contributed by atoms with Crippen LogP contribution in [0.2, 0.25) is 0 Å². The summed E-state index contributed by atoms with van der Waals surface area (Å²) in [6.45, 7) is 6.91. The molecule has 20 heavy (non-hydrogen) atoms. The quantitative estimate of drug-likeness (QED) is 0.746.